The molecule has 1 N–H and O–H groups in total. The standard InChI is InChI=1S/C16H25NO3/c1-13-4-5-14(2)16(10-13)20-8-3-6-17-7-9-19-12-15(17)11-18/h4-5,10,15,18H,3,6-9,11-12H2,1-2H3. The lowest BCUT2D eigenvalue weighted by atomic mass is 10.1. The molecule has 1 atom stereocenters. The van der Waals surface area contributed by atoms with Gasteiger partial charge in [0, 0.05) is 13.1 Å². The molecule has 4 heteroatoms. The Bertz CT molecular complexity index is 422. The van der Waals surface area contributed by atoms with Crippen LogP contribution in [0.2, 0.25) is 0 Å². The molecule has 1 aliphatic rings. The molecule has 20 heavy (non-hydrogen) atoms. The van der Waals surface area contributed by atoms with Crippen LogP contribution in [0.4, 0.5) is 0 Å². The second-order valence-corrected chi connectivity index (χ2v) is 5.42. The zero-order valence-corrected chi connectivity index (χ0v) is 12.5. The van der Waals surface area contributed by atoms with E-state index in [4.69, 9.17) is 9.47 Å². The first-order chi connectivity index (χ1) is 9.70. The van der Waals surface area contributed by atoms with E-state index in [1.165, 1.54) is 11.1 Å². The van der Waals surface area contributed by atoms with E-state index in [0.29, 0.717) is 13.2 Å². The molecule has 0 radical (unpaired) electrons. The molecule has 2 rings (SSSR count). The number of rotatable bonds is 6. The van der Waals surface area contributed by atoms with E-state index in [1.54, 1.807) is 0 Å². The van der Waals surface area contributed by atoms with Gasteiger partial charge in [0.25, 0.3) is 0 Å². The van der Waals surface area contributed by atoms with Gasteiger partial charge in [0.05, 0.1) is 32.5 Å². The van der Waals surface area contributed by atoms with Gasteiger partial charge in [-0.05, 0) is 37.5 Å². The molecule has 0 saturated carbocycles. The van der Waals surface area contributed by atoms with Gasteiger partial charge in [-0.15, -0.1) is 0 Å². The number of hydrogen-bond acceptors (Lipinski definition) is 4. The van der Waals surface area contributed by atoms with E-state index in [-0.39, 0.29) is 12.6 Å². The van der Waals surface area contributed by atoms with Crippen molar-refractivity contribution in [1.29, 1.82) is 0 Å². The molecule has 0 amide bonds. The minimum Gasteiger partial charge on any atom is -0.493 e. The molecular formula is C16H25NO3. The maximum absolute atomic E-state index is 9.31. The van der Waals surface area contributed by atoms with Crippen molar-refractivity contribution in [3.63, 3.8) is 0 Å². The molecule has 1 unspecified atom stereocenters. The first kappa shape index (κ1) is 15.3. The predicted molar refractivity (Wildman–Crippen MR) is 79.3 cm³/mol. The van der Waals surface area contributed by atoms with E-state index < -0.39 is 0 Å². The van der Waals surface area contributed by atoms with Crippen LogP contribution >= 0.6 is 0 Å². The molecule has 1 fully saturated rings. The Morgan fingerprint density at radius 1 is 1.40 bits per heavy atom. The first-order valence-corrected chi connectivity index (χ1v) is 7.33. The number of morpholine rings is 1. The van der Waals surface area contributed by atoms with Gasteiger partial charge in [-0.25, -0.2) is 0 Å². The van der Waals surface area contributed by atoms with Gasteiger partial charge in [-0.2, -0.15) is 0 Å². The predicted octanol–water partition coefficient (Wildman–Crippen LogP) is 1.77. The van der Waals surface area contributed by atoms with Crippen LogP contribution < -0.4 is 4.74 Å². The summed E-state index contributed by atoms with van der Waals surface area (Å²) in [7, 11) is 0. The maximum Gasteiger partial charge on any atom is 0.122 e. The smallest absolute Gasteiger partial charge is 0.122 e. The summed E-state index contributed by atoms with van der Waals surface area (Å²) in [5.41, 5.74) is 2.40. The first-order valence-electron chi connectivity index (χ1n) is 7.33. The van der Waals surface area contributed by atoms with Gasteiger partial charge in [0.15, 0.2) is 0 Å². The van der Waals surface area contributed by atoms with Crippen molar-refractivity contribution in [1.82, 2.24) is 4.90 Å². The van der Waals surface area contributed by atoms with E-state index in [0.717, 1.165) is 31.9 Å². The summed E-state index contributed by atoms with van der Waals surface area (Å²) in [5.74, 6) is 0.977. The van der Waals surface area contributed by atoms with Crippen LogP contribution in [-0.2, 0) is 4.74 Å². The summed E-state index contributed by atoms with van der Waals surface area (Å²) in [5, 5.41) is 9.31. The molecule has 0 spiro atoms. The van der Waals surface area contributed by atoms with Crippen LogP contribution in [0.1, 0.15) is 17.5 Å². The molecule has 112 valence electrons. The lowest BCUT2D eigenvalue weighted by molar-refractivity contribution is -0.0287. The van der Waals surface area contributed by atoms with Gasteiger partial charge in [-0.1, -0.05) is 12.1 Å². The number of ether oxygens (including phenoxy) is 2. The number of aryl methyl sites for hydroxylation is 2. The van der Waals surface area contributed by atoms with Gasteiger partial charge in [0.1, 0.15) is 5.75 Å². The van der Waals surface area contributed by atoms with Crippen molar-refractivity contribution in [2.75, 3.05) is 39.5 Å². The number of aliphatic hydroxyl groups excluding tert-OH is 1. The SMILES string of the molecule is Cc1ccc(C)c(OCCCN2CCOCC2CO)c1. The van der Waals surface area contributed by atoms with Crippen LogP contribution in [0.3, 0.4) is 0 Å². The third-order valence-electron chi connectivity index (χ3n) is 3.75. The van der Waals surface area contributed by atoms with Crippen molar-refractivity contribution in [2.45, 2.75) is 26.3 Å². The highest BCUT2D eigenvalue weighted by molar-refractivity contribution is 5.35. The number of nitrogens with zero attached hydrogens (tertiary/aromatic N) is 1. The van der Waals surface area contributed by atoms with Gasteiger partial charge in [-0.3, -0.25) is 4.90 Å². The molecule has 1 aromatic rings. The highest BCUT2D eigenvalue weighted by Crippen LogP contribution is 2.19. The van der Waals surface area contributed by atoms with Crippen LogP contribution in [0.25, 0.3) is 0 Å². The Balaban J connectivity index is 1.74. The lowest BCUT2D eigenvalue weighted by Gasteiger charge is -2.34. The lowest BCUT2D eigenvalue weighted by Crippen LogP contribution is -2.47. The van der Waals surface area contributed by atoms with Gasteiger partial charge < -0.3 is 14.6 Å². The van der Waals surface area contributed by atoms with Crippen molar-refractivity contribution in [3.8, 4) is 5.75 Å². The third kappa shape index (κ3) is 4.20. The second kappa shape index (κ2) is 7.62. The van der Waals surface area contributed by atoms with E-state index in [9.17, 15) is 5.11 Å². The molecule has 1 heterocycles. The molecule has 1 aromatic carbocycles. The largest absolute Gasteiger partial charge is 0.493 e. The number of hydrogen-bond donors (Lipinski definition) is 1. The average Bonchev–Trinajstić information content (AvgIpc) is 2.47. The summed E-state index contributed by atoms with van der Waals surface area (Å²) < 4.78 is 11.2. The Morgan fingerprint density at radius 2 is 2.25 bits per heavy atom. The molecular weight excluding hydrogens is 254 g/mol. The quantitative estimate of drug-likeness (QED) is 0.806. The normalized spacial score (nSPS) is 20.1. The van der Waals surface area contributed by atoms with Crippen molar-refractivity contribution >= 4 is 0 Å². The van der Waals surface area contributed by atoms with Crippen molar-refractivity contribution < 1.29 is 14.6 Å². The summed E-state index contributed by atoms with van der Waals surface area (Å²) in [6.45, 7) is 8.25. The Hall–Kier alpha value is -1.10. The van der Waals surface area contributed by atoms with E-state index >= 15 is 0 Å². The van der Waals surface area contributed by atoms with Crippen LogP contribution in [0, 0.1) is 13.8 Å². The fourth-order valence-corrected chi connectivity index (χ4v) is 2.46. The topological polar surface area (TPSA) is 41.9 Å². The molecule has 4 nitrogen and oxygen atoms in total. The zero-order valence-electron chi connectivity index (χ0n) is 12.5. The van der Waals surface area contributed by atoms with Crippen LogP contribution in [0.5, 0.6) is 5.75 Å². The summed E-state index contributed by atoms with van der Waals surface area (Å²) in [6.07, 6.45) is 0.962. The minimum absolute atomic E-state index is 0.143. The number of aliphatic hydroxyl groups is 1. The third-order valence-corrected chi connectivity index (χ3v) is 3.75. The summed E-state index contributed by atoms with van der Waals surface area (Å²) in [6, 6.07) is 6.42. The molecule has 1 aliphatic heterocycles. The van der Waals surface area contributed by atoms with Crippen LogP contribution in [0.15, 0.2) is 18.2 Å². The maximum atomic E-state index is 9.31. The van der Waals surface area contributed by atoms with E-state index in [2.05, 4.69) is 36.9 Å². The van der Waals surface area contributed by atoms with Crippen molar-refractivity contribution in [2.24, 2.45) is 0 Å². The highest BCUT2D eigenvalue weighted by Gasteiger charge is 2.21. The Labute approximate surface area is 121 Å². The molecule has 0 aliphatic carbocycles. The monoisotopic (exact) mass is 279 g/mol. The highest BCUT2D eigenvalue weighted by atomic mass is 16.5. The minimum atomic E-state index is 0.143. The number of benzene rings is 1. The summed E-state index contributed by atoms with van der Waals surface area (Å²) >= 11 is 0. The zero-order chi connectivity index (χ0) is 14.4. The molecule has 0 aromatic heterocycles. The molecule has 1 saturated heterocycles. The fraction of sp³-hybridized carbons (Fsp3) is 0.625. The second-order valence-electron chi connectivity index (χ2n) is 5.42. The van der Waals surface area contributed by atoms with Gasteiger partial charge in [0.2, 0.25) is 0 Å². The van der Waals surface area contributed by atoms with E-state index in [1.807, 2.05) is 0 Å². The van der Waals surface area contributed by atoms with Gasteiger partial charge >= 0.3 is 0 Å². The fourth-order valence-electron chi connectivity index (χ4n) is 2.46. The Kier molecular flexibility index (Phi) is 5.83. The molecule has 0 bridgehead atoms. The average molecular weight is 279 g/mol. The Morgan fingerprint density at radius 3 is 3.05 bits per heavy atom. The van der Waals surface area contributed by atoms with Crippen molar-refractivity contribution in [3.05, 3.63) is 29.3 Å². The van der Waals surface area contributed by atoms with Crippen LogP contribution in [-0.4, -0.2) is 55.6 Å². The summed E-state index contributed by atoms with van der Waals surface area (Å²) in [4.78, 5) is 2.29.